The second kappa shape index (κ2) is 14.9. The summed E-state index contributed by atoms with van der Waals surface area (Å²) in [6.07, 6.45) is 6.12. The summed E-state index contributed by atoms with van der Waals surface area (Å²) in [6.45, 7) is 2.23. The standard InChI is InChI=1S/C37H40F6O3/c1-2-3-4-5-23-6-8-24(9-7-23)25-10-12-26(13-11-25)28-16-19-34(31(38)20-28)45-36(44)27-14-17-29(18-15-27)37(42,43)46-30-21-32(39)35(41)33(40)22-30/h10-13,16,19-24,27,29H,2-9,14-15,17-18H2,1H3. The quantitative estimate of drug-likeness (QED) is 0.0684. The normalized spacial score (nSPS) is 22.0. The lowest BCUT2D eigenvalue weighted by Crippen LogP contribution is -2.38. The van der Waals surface area contributed by atoms with Gasteiger partial charge in [0.05, 0.1) is 11.8 Å². The van der Waals surface area contributed by atoms with Gasteiger partial charge in [-0.3, -0.25) is 4.79 Å². The molecule has 0 heterocycles. The number of unbranched alkanes of at least 4 members (excludes halogenated alkanes) is 2. The van der Waals surface area contributed by atoms with Gasteiger partial charge in [0.1, 0.15) is 5.75 Å². The predicted molar refractivity (Wildman–Crippen MR) is 164 cm³/mol. The minimum Gasteiger partial charge on any atom is -0.432 e. The lowest BCUT2D eigenvalue weighted by molar-refractivity contribution is -0.224. The lowest BCUT2D eigenvalue weighted by Gasteiger charge is -2.32. The maximum atomic E-state index is 15.0. The summed E-state index contributed by atoms with van der Waals surface area (Å²) >= 11 is 0. The van der Waals surface area contributed by atoms with E-state index in [1.54, 1.807) is 6.07 Å². The number of hydrogen-bond donors (Lipinski definition) is 0. The molecule has 0 aliphatic heterocycles. The summed E-state index contributed by atoms with van der Waals surface area (Å²) in [7, 11) is 0. The molecule has 2 aliphatic carbocycles. The van der Waals surface area contributed by atoms with Crippen molar-refractivity contribution in [3.63, 3.8) is 0 Å². The summed E-state index contributed by atoms with van der Waals surface area (Å²) in [4.78, 5) is 12.8. The molecule has 248 valence electrons. The first-order chi connectivity index (χ1) is 22.0. The van der Waals surface area contributed by atoms with E-state index in [-0.39, 0.29) is 31.4 Å². The van der Waals surface area contributed by atoms with Crippen molar-refractivity contribution in [1.29, 1.82) is 0 Å². The van der Waals surface area contributed by atoms with Gasteiger partial charge in [0.15, 0.2) is 29.0 Å². The minimum absolute atomic E-state index is 0.0289. The fourth-order valence-electron chi connectivity index (χ4n) is 6.87. The Morgan fingerprint density at radius 1 is 0.761 bits per heavy atom. The van der Waals surface area contributed by atoms with Crippen molar-refractivity contribution < 1.29 is 40.6 Å². The van der Waals surface area contributed by atoms with Crippen molar-refractivity contribution >= 4 is 5.97 Å². The molecule has 0 atom stereocenters. The number of benzene rings is 3. The maximum Gasteiger partial charge on any atom is 0.400 e. The molecule has 0 N–H and O–H groups in total. The SMILES string of the molecule is CCCCCC1CCC(c2ccc(-c3ccc(OC(=O)C4CCC(C(F)(F)Oc5cc(F)c(F)c(F)c5)CC4)c(F)c3)cc2)CC1. The van der Waals surface area contributed by atoms with Crippen LogP contribution < -0.4 is 9.47 Å². The zero-order chi connectivity index (χ0) is 32.8. The van der Waals surface area contributed by atoms with E-state index in [9.17, 15) is 26.7 Å². The molecule has 3 aromatic rings. The van der Waals surface area contributed by atoms with Crippen LogP contribution in [0.4, 0.5) is 26.3 Å². The number of rotatable bonds is 11. The van der Waals surface area contributed by atoms with Crippen LogP contribution in [0.15, 0.2) is 54.6 Å². The van der Waals surface area contributed by atoms with Crippen molar-refractivity contribution in [1.82, 2.24) is 0 Å². The zero-order valence-electron chi connectivity index (χ0n) is 26.0. The molecule has 2 aliphatic rings. The number of carbonyl (C=O) groups is 1. The van der Waals surface area contributed by atoms with Crippen LogP contribution in [-0.4, -0.2) is 12.1 Å². The third-order valence-corrected chi connectivity index (χ3v) is 9.67. The molecule has 0 bridgehead atoms. The van der Waals surface area contributed by atoms with E-state index in [1.807, 2.05) is 12.1 Å². The first-order valence-electron chi connectivity index (χ1n) is 16.4. The second-order valence-electron chi connectivity index (χ2n) is 12.8. The van der Waals surface area contributed by atoms with Crippen molar-refractivity contribution in [2.24, 2.45) is 17.8 Å². The van der Waals surface area contributed by atoms with E-state index in [1.165, 1.54) is 69.1 Å². The Balaban J connectivity index is 1.11. The third-order valence-electron chi connectivity index (χ3n) is 9.67. The molecule has 0 spiro atoms. The van der Waals surface area contributed by atoms with Crippen LogP contribution in [0, 0.1) is 41.0 Å². The van der Waals surface area contributed by atoms with E-state index in [2.05, 4.69) is 23.8 Å². The minimum atomic E-state index is -3.81. The number of ether oxygens (including phenoxy) is 2. The molecule has 3 aromatic carbocycles. The van der Waals surface area contributed by atoms with Crippen molar-refractivity contribution in [3.8, 4) is 22.6 Å². The highest BCUT2D eigenvalue weighted by Gasteiger charge is 2.45. The summed E-state index contributed by atoms with van der Waals surface area (Å²) in [5.41, 5.74) is 2.80. The fraction of sp³-hybridized carbons (Fsp3) is 0.486. The Morgan fingerprint density at radius 2 is 1.39 bits per heavy atom. The number of carbonyl (C=O) groups excluding carboxylic acids is 1. The first-order valence-corrected chi connectivity index (χ1v) is 16.4. The number of alkyl halides is 2. The highest BCUT2D eigenvalue weighted by atomic mass is 19.3. The smallest absolute Gasteiger partial charge is 0.400 e. The van der Waals surface area contributed by atoms with Crippen LogP contribution in [-0.2, 0) is 4.79 Å². The molecule has 9 heteroatoms. The van der Waals surface area contributed by atoms with E-state index < -0.39 is 52.9 Å². The highest BCUT2D eigenvalue weighted by molar-refractivity contribution is 5.75. The molecule has 0 saturated heterocycles. The number of halogens is 6. The van der Waals surface area contributed by atoms with Crippen molar-refractivity contribution in [3.05, 3.63) is 83.4 Å². The molecule has 2 fully saturated rings. The van der Waals surface area contributed by atoms with Gasteiger partial charge in [0.2, 0.25) is 0 Å². The van der Waals surface area contributed by atoms with E-state index in [0.29, 0.717) is 23.6 Å². The topological polar surface area (TPSA) is 35.5 Å². The second-order valence-corrected chi connectivity index (χ2v) is 12.8. The van der Waals surface area contributed by atoms with Crippen LogP contribution in [0.3, 0.4) is 0 Å². The predicted octanol–water partition coefficient (Wildman–Crippen LogP) is 11.1. The molecule has 5 rings (SSSR count). The zero-order valence-corrected chi connectivity index (χ0v) is 26.0. The van der Waals surface area contributed by atoms with E-state index >= 15 is 4.39 Å². The Labute approximate surface area is 266 Å². The average Bonchev–Trinajstić information content (AvgIpc) is 3.05. The van der Waals surface area contributed by atoms with Gasteiger partial charge in [0, 0.05) is 12.1 Å². The van der Waals surface area contributed by atoms with Gasteiger partial charge in [-0.25, -0.2) is 17.6 Å². The van der Waals surface area contributed by atoms with Crippen LogP contribution in [0.1, 0.15) is 95.5 Å². The molecule has 0 unspecified atom stereocenters. The van der Waals surface area contributed by atoms with Crippen molar-refractivity contribution in [2.45, 2.75) is 96.0 Å². The van der Waals surface area contributed by atoms with Gasteiger partial charge >= 0.3 is 12.1 Å². The molecule has 0 radical (unpaired) electrons. The average molecular weight is 647 g/mol. The molecule has 46 heavy (non-hydrogen) atoms. The van der Waals surface area contributed by atoms with Gasteiger partial charge in [-0.1, -0.05) is 62.9 Å². The van der Waals surface area contributed by atoms with Gasteiger partial charge in [-0.05, 0) is 92.0 Å². The molecule has 3 nitrogen and oxygen atoms in total. The fourth-order valence-corrected chi connectivity index (χ4v) is 6.87. The van der Waals surface area contributed by atoms with Crippen LogP contribution in [0.2, 0.25) is 0 Å². The summed E-state index contributed by atoms with van der Waals surface area (Å²) in [6, 6.07) is 13.3. The van der Waals surface area contributed by atoms with Crippen molar-refractivity contribution in [2.75, 3.05) is 0 Å². The van der Waals surface area contributed by atoms with Gasteiger partial charge in [-0.15, -0.1) is 0 Å². The third kappa shape index (κ3) is 8.26. The monoisotopic (exact) mass is 646 g/mol. The highest BCUT2D eigenvalue weighted by Crippen LogP contribution is 2.42. The van der Waals surface area contributed by atoms with Gasteiger partial charge in [0.25, 0.3) is 0 Å². The molecule has 0 aromatic heterocycles. The Kier molecular flexibility index (Phi) is 11.0. The Bertz CT molecular complexity index is 1450. The maximum absolute atomic E-state index is 15.0. The van der Waals surface area contributed by atoms with Crippen LogP contribution >= 0.6 is 0 Å². The van der Waals surface area contributed by atoms with E-state index in [4.69, 9.17) is 4.74 Å². The first kappa shape index (κ1) is 33.9. The largest absolute Gasteiger partial charge is 0.432 e. The number of esters is 1. The molecule has 0 amide bonds. The number of hydrogen-bond acceptors (Lipinski definition) is 3. The molecular weight excluding hydrogens is 606 g/mol. The van der Waals surface area contributed by atoms with Gasteiger partial charge in [-0.2, -0.15) is 8.78 Å². The van der Waals surface area contributed by atoms with E-state index in [0.717, 1.165) is 11.5 Å². The van der Waals surface area contributed by atoms with Crippen LogP contribution in [0.5, 0.6) is 11.5 Å². The molecule has 2 saturated carbocycles. The summed E-state index contributed by atoms with van der Waals surface area (Å²) in [5.74, 6) is -8.26. The Morgan fingerprint density at radius 3 is 2.00 bits per heavy atom. The lowest BCUT2D eigenvalue weighted by atomic mass is 9.77. The summed E-state index contributed by atoms with van der Waals surface area (Å²) < 4.78 is 94.3. The summed E-state index contributed by atoms with van der Waals surface area (Å²) in [5, 5.41) is 0. The van der Waals surface area contributed by atoms with Crippen LogP contribution in [0.25, 0.3) is 11.1 Å². The molecular formula is C37H40F6O3. The Hall–Kier alpha value is -3.49. The van der Waals surface area contributed by atoms with Gasteiger partial charge < -0.3 is 9.47 Å².